The predicted molar refractivity (Wildman–Crippen MR) is 142 cm³/mol. The van der Waals surface area contributed by atoms with E-state index in [1.165, 1.54) is 43.2 Å². The monoisotopic (exact) mass is 463 g/mol. The van der Waals surface area contributed by atoms with Crippen molar-refractivity contribution in [3.05, 3.63) is 107 Å². The fourth-order valence-electron chi connectivity index (χ4n) is 8.01. The maximum Gasteiger partial charge on any atom is 0.224 e. The molecule has 6 rings (SSSR count). The van der Waals surface area contributed by atoms with Crippen LogP contribution in [0.25, 0.3) is 0 Å². The average molecular weight is 464 g/mol. The number of carbonyl (C=O) groups excluding carboxylic acids is 1. The molecular weight excluding hydrogens is 426 g/mol. The Bertz CT molecular complexity index is 1170. The molecule has 1 N–H and O–H groups in total. The van der Waals surface area contributed by atoms with Crippen molar-refractivity contribution < 1.29 is 4.79 Å². The van der Waals surface area contributed by atoms with Crippen LogP contribution in [0.5, 0.6) is 0 Å². The van der Waals surface area contributed by atoms with Gasteiger partial charge in [-0.05, 0) is 90.4 Å². The van der Waals surface area contributed by atoms with Gasteiger partial charge < -0.3 is 5.32 Å². The van der Waals surface area contributed by atoms with Crippen LogP contribution in [0.2, 0.25) is 0 Å². The molecule has 3 aromatic carbocycles. The van der Waals surface area contributed by atoms with Crippen molar-refractivity contribution in [1.82, 2.24) is 5.32 Å². The van der Waals surface area contributed by atoms with E-state index in [-0.39, 0.29) is 23.3 Å². The van der Waals surface area contributed by atoms with Crippen LogP contribution in [0.3, 0.4) is 0 Å². The number of nitrogens with one attached hydrogen (secondary N) is 1. The standard InChI is InChI=1S/C33H37NO/c1-33-21-20-27-26-15-9-8-12-24(26)16-17-28(27)29(33)18-19-30(33)32(35)34-31(25-13-6-3-7-14-25)22-23-10-4-2-5-11-23/h2-15,27-31H,16-22H2,1H3,(H,34,35)/t27-,28-,29+,30?,31?,33+/m1/s1. The molecule has 0 saturated heterocycles. The minimum Gasteiger partial charge on any atom is -0.349 e. The maximum atomic E-state index is 13.9. The molecule has 0 bridgehead atoms. The van der Waals surface area contributed by atoms with E-state index >= 15 is 0 Å². The van der Waals surface area contributed by atoms with Crippen molar-refractivity contribution in [2.75, 3.05) is 0 Å². The third-order valence-electron chi connectivity index (χ3n) is 9.76. The third kappa shape index (κ3) is 4.11. The third-order valence-corrected chi connectivity index (χ3v) is 9.76. The van der Waals surface area contributed by atoms with E-state index < -0.39 is 0 Å². The van der Waals surface area contributed by atoms with E-state index in [0.29, 0.717) is 11.8 Å². The summed E-state index contributed by atoms with van der Waals surface area (Å²) in [6.45, 7) is 2.44. The lowest BCUT2D eigenvalue weighted by atomic mass is 9.54. The Morgan fingerprint density at radius 1 is 0.886 bits per heavy atom. The molecule has 0 heterocycles. The molecule has 180 valence electrons. The van der Waals surface area contributed by atoms with E-state index in [9.17, 15) is 4.79 Å². The maximum absolute atomic E-state index is 13.9. The first kappa shape index (κ1) is 22.6. The number of aryl methyl sites for hydroxylation is 1. The molecule has 0 aromatic heterocycles. The Morgan fingerprint density at radius 3 is 2.40 bits per heavy atom. The molecule has 2 heteroatoms. The summed E-state index contributed by atoms with van der Waals surface area (Å²) < 4.78 is 0. The Hall–Kier alpha value is -2.87. The zero-order valence-corrected chi connectivity index (χ0v) is 20.8. The lowest BCUT2D eigenvalue weighted by Gasteiger charge is -2.50. The highest BCUT2D eigenvalue weighted by Crippen LogP contribution is 2.63. The van der Waals surface area contributed by atoms with Crippen LogP contribution >= 0.6 is 0 Å². The van der Waals surface area contributed by atoms with Gasteiger partial charge in [0.2, 0.25) is 5.91 Å². The van der Waals surface area contributed by atoms with Gasteiger partial charge >= 0.3 is 0 Å². The summed E-state index contributed by atoms with van der Waals surface area (Å²) in [7, 11) is 0. The summed E-state index contributed by atoms with van der Waals surface area (Å²) >= 11 is 0. The quantitative estimate of drug-likeness (QED) is 0.424. The smallest absolute Gasteiger partial charge is 0.224 e. The first-order valence-corrected chi connectivity index (χ1v) is 13.6. The van der Waals surface area contributed by atoms with Crippen molar-refractivity contribution >= 4 is 5.91 Å². The van der Waals surface area contributed by atoms with Crippen LogP contribution in [0.4, 0.5) is 0 Å². The van der Waals surface area contributed by atoms with Crippen molar-refractivity contribution in [2.24, 2.45) is 23.2 Å². The number of hydrogen-bond acceptors (Lipinski definition) is 1. The highest BCUT2D eigenvalue weighted by molar-refractivity contribution is 5.80. The molecule has 3 aromatic rings. The van der Waals surface area contributed by atoms with Crippen molar-refractivity contribution in [1.29, 1.82) is 0 Å². The summed E-state index contributed by atoms with van der Waals surface area (Å²) in [4.78, 5) is 13.9. The molecule has 6 atom stereocenters. The molecule has 0 radical (unpaired) electrons. The predicted octanol–water partition coefficient (Wildman–Crippen LogP) is 7.26. The summed E-state index contributed by atoms with van der Waals surface area (Å²) in [5.41, 5.74) is 5.74. The number of benzene rings is 3. The highest BCUT2D eigenvalue weighted by Gasteiger charge is 2.56. The molecule has 3 aliphatic carbocycles. The lowest BCUT2D eigenvalue weighted by molar-refractivity contribution is -0.131. The summed E-state index contributed by atoms with van der Waals surface area (Å²) in [6, 6.07) is 30.2. The first-order valence-electron chi connectivity index (χ1n) is 13.6. The number of hydrogen-bond donors (Lipinski definition) is 1. The van der Waals surface area contributed by atoms with Gasteiger partial charge in [-0.1, -0.05) is 91.9 Å². The van der Waals surface area contributed by atoms with Crippen molar-refractivity contribution in [2.45, 2.75) is 63.8 Å². The fourth-order valence-corrected chi connectivity index (χ4v) is 8.01. The van der Waals surface area contributed by atoms with Gasteiger partial charge in [0.1, 0.15) is 0 Å². The molecule has 3 aliphatic rings. The van der Waals surface area contributed by atoms with Crippen molar-refractivity contribution in [3.8, 4) is 0 Å². The van der Waals surface area contributed by atoms with E-state index in [1.807, 2.05) is 6.07 Å². The van der Waals surface area contributed by atoms with Gasteiger partial charge in [0.15, 0.2) is 0 Å². The summed E-state index contributed by atoms with van der Waals surface area (Å²) in [5, 5.41) is 3.53. The number of amides is 1. The molecule has 2 fully saturated rings. The zero-order valence-electron chi connectivity index (χ0n) is 20.8. The van der Waals surface area contributed by atoms with E-state index in [1.54, 1.807) is 11.1 Å². The van der Waals surface area contributed by atoms with Gasteiger partial charge in [-0.15, -0.1) is 0 Å². The van der Waals surface area contributed by atoms with E-state index in [0.717, 1.165) is 18.8 Å². The zero-order chi connectivity index (χ0) is 23.8. The summed E-state index contributed by atoms with van der Waals surface area (Å²) in [5.74, 6) is 2.47. The van der Waals surface area contributed by atoms with Crippen LogP contribution in [0.1, 0.15) is 73.2 Å². The topological polar surface area (TPSA) is 29.1 Å². The van der Waals surface area contributed by atoms with Gasteiger partial charge in [-0.3, -0.25) is 4.79 Å². The minimum atomic E-state index is 0.00615. The largest absolute Gasteiger partial charge is 0.349 e. The second-order valence-electron chi connectivity index (χ2n) is 11.5. The number of rotatable bonds is 5. The Balaban J connectivity index is 1.22. The molecule has 0 spiro atoms. The average Bonchev–Trinajstić information content (AvgIpc) is 3.26. The van der Waals surface area contributed by atoms with Crippen LogP contribution in [0.15, 0.2) is 84.9 Å². The molecule has 1 amide bonds. The molecule has 2 saturated carbocycles. The number of carbonyl (C=O) groups is 1. The first-order chi connectivity index (χ1) is 17.1. The second kappa shape index (κ2) is 9.30. The Morgan fingerprint density at radius 2 is 1.60 bits per heavy atom. The molecule has 0 aliphatic heterocycles. The van der Waals surface area contributed by atoms with Gasteiger partial charge in [-0.2, -0.15) is 0 Å². The lowest BCUT2D eigenvalue weighted by Crippen LogP contribution is -2.47. The molecular formula is C33H37NO. The van der Waals surface area contributed by atoms with Crippen LogP contribution < -0.4 is 5.32 Å². The van der Waals surface area contributed by atoms with Gasteiger partial charge in [0.05, 0.1) is 6.04 Å². The second-order valence-corrected chi connectivity index (χ2v) is 11.5. The Kier molecular flexibility index (Phi) is 6.00. The SMILES string of the molecule is C[C@]12CC[C@@H]3c4ccccc4CC[C@H]3[C@@H]1CCC2C(=O)NC(Cc1ccccc1)c1ccccc1. The van der Waals surface area contributed by atoms with E-state index in [4.69, 9.17) is 0 Å². The van der Waals surface area contributed by atoms with E-state index in [2.05, 4.69) is 91.1 Å². The van der Waals surface area contributed by atoms with Crippen molar-refractivity contribution in [3.63, 3.8) is 0 Å². The highest BCUT2D eigenvalue weighted by atomic mass is 16.2. The van der Waals surface area contributed by atoms with Gasteiger partial charge in [0, 0.05) is 5.92 Å². The molecule has 2 unspecified atom stereocenters. The van der Waals surface area contributed by atoms with Gasteiger partial charge in [0.25, 0.3) is 0 Å². The molecule has 2 nitrogen and oxygen atoms in total. The normalized spacial score (nSPS) is 30.0. The molecule has 35 heavy (non-hydrogen) atoms. The van der Waals surface area contributed by atoms with Crippen LogP contribution in [0, 0.1) is 23.2 Å². The number of fused-ring (bicyclic) bond motifs is 5. The van der Waals surface area contributed by atoms with Crippen LogP contribution in [-0.2, 0) is 17.6 Å². The van der Waals surface area contributed by atoms with Gasteiger partial charge in [-0.25, -0.2) is 0 Å². The fraction of sp³-hybridized carbons (Fsp3) is 0.424. The van der Waals surface area contributed by atoms with Crippen LogP contribution in [-0.4, -0.2) is 5.91 Å². The minimum absolute atomic E-state index is 0.00615. The summed E-state index contributed by atoms with van der Waals surface area (Å²) in [6.07, 6.45) is 7.94. The Labute approximate surface area is 210 Å².